The molecule has 3 N–H and O–H groups in total. The molecule has 0 saturated heterocycles. The minimum absolute atomic E-state index is 0.100. The highest BCUT2D eigenvalue weighted by atomic mass is 16.4. The summed E-state index contributed by atoms with van der Waals surface area (Å²) in [6, 6.07) is 6.87. The first-order valence-electron chi connectivity index (χ1n) is 7.16. The van der Waals surface area contributed by atoms with E-state index >= 15 is 0 Å². The standard InChI is InChI=1S/C15H18N4O3/c1-10-18-19-13(22-10)11-2-4-12(5-3-11)17-14(21)16-8-15(9-20)6-7-15/h2-5,20H,6-9H2,1H3,(H2,16,17,21). The van der Waals surface area contributed by atoms with Gasteiger partial charge in [-0.2, -0.15) is 0 Å². The van der Waals surface area contributed by atoms with Gasteiger partial charge in [0.15, 0.2) is 0 Å². The minimum atomic E-state index is -0.277. The van der Waals surface area contributed by atoms with Crippen LogP contribution in [-0.2, 0) is 0 Å². The predicted molar refractivity (Wildman–Crippen MR) is 80.2 cm³/mol. The van der Waals surface area contributed by atoms with Crippen molar-refractivity contribution in [2.75, 3.05) is 18.5 Å². The molecular weight excluding hydrogens is 284 g/mol. The number of hydrogen-bond acceptors (Lipinski definition) is 5. The van der Waals surface area contributed by atoms with Gasteiger partial charge < -0.3 is 20.2 Å². The molecule has 7 nitrogen and oxygen atoms in total. The predicted octanol–water partition coefficient (Wildman–Crippen LogP) is 1.94. The van der Waals surface area contributed by atoms with Gasteiger partial charge in [0.2, 0.25) is 11.8 Å². The average molecular weight is 302 g/mol. The maximum Gasteiger partial charge on any atom is 0.319 e. The fourth-order valence-corrected chi connectivity index (χ4v) is 2.12. The average Bonchev–Trinajstić information content (AvgIpc) is 3.19. The molecule has 0 spiro atoms. The minimum Gasteiger partial charge on any atom is -0.421 e. The maximum absolute atomic E-state index is 11.8. The van der Waals surface area contributed by atoms with Crippen LogP contribution in [-0.4, -0.2) is 34.5 Å². The molecule has 7 heteroatoms. The Kier molecular flexibility index (Phi) is 3.81. The van der Waals surface area contributed by atoms with E-state index in [1.807, 2.05) is 0 Å². The molecule has 2 aromatic rings. The monoisotopic (exact) mass is 302 g/mol. The summed E-state index contributed by atoms with van der Waals surface area (Å²) in [6.45, 7) is 2.34. The third-order valence-corrected chi connectivity index (χ3v) is 3.83. The van der Waals surface area contributed by atoms with Crippen molar-refractivity contribution < 1.29 is 14.3 Å². The van der Waals surface area contributed by atoms with Gasteiger partial charge in [-0.3, -0.25) is 0 Å². The first kappa shape index (κ1) is 14.5. The summed E-state index contributed by atoms with van der Waals surface area (Å²) < 4.78 is 5.34. The zero-order valence-electron chi connectivity index (χ0n) is 12.3. The van der Waals surface area contributed by atoms with E-state index in [9.17, 15) is 9.90 Å². The lowest BCUT2D eigenvalue weighted by Crippen LogP contribution is -2.35. The zero-order valence-corrected chi connectivity index (χ0v) is 12.3. The number of aliphatic hydroxyl groups is 1. The highest BCUT2D eigenvalue weighted by Crippen LogP contribution is 2.44. The molecule has 0 aliphatic heterocycles. The van der Waals surface area contributed by atoms with E-state index < -0.39 is 0 Å². The number of nitrogens with zero attached hydrogens (tertiary/aromatic N) is 2. The molecule has 3 rings (SSSR count). The molecule has 1 fully saturated rings. The molecule has 1 aliphatic rings. The van der Waals surface area contributed by atoms with E-state index in [2.05, 4.69) is 20.8 Å². The van der Waals surface area contributed by atoms with Gasteiger partial charge in [-0.15, -0.1) is 10.2 Å². The first-order valence-corrected chi connectivity index (χ1v) is 7.16. The number of nitrogens with one attached hydrogen (secondary N) is 2. The van der Waals surface area contributed by atoms with E-state index in [1.54, 1.807) is 31.2 Å². The highest BCUT2D eigenvalue weighted by Gasteiger charge is 2.42. The number of aromatic nitrogens is 2. The van der Waals surface area contributed by atoms with Crippen molar-refractivity contribution in [3.8, 4) is 11.5 Å². The number of rotatable bonds is 5. The second kappa shape index (κ2) is 5.76. The van der Waals surface area contributed by atoms with Crippen LogP contribution in [0.3, 0.4) is 0 Å². The van der Waals surface area contributed by atoms with Crippen molar-refractivity contribution in [2.24, 2.45) is 5.41 Å². The molecule has 2 amide bonds. The number of benzene rings is 1. The number of hydrogen-bond donors (Lipinski definition) is 3. The fourth-order valence-electron chi connectivity index (χ4n) is 2.12. The van der Waals surface area contributed by atoms with Crippen molar-refractivity contribution in [3.05, 3.63) is 30.2 Å². The summed E-state index contributed by atoms with van der Waals surface area (Å²) >= 11 is 0. The number of aryl methyl sites for hydroxylation is 1. The Hall–Kier alpha value is -2.41. The second-order valence-electron chi connectivity index (χ2n) is 5.67. The molecule has 1 aromatic carbocycles. The van der Waals surface area contributed by atoms with E-state index in [-0.39, 0.29) is 18.1 Å². The van der Waals surface area contributed by atoms with Gasteiger partial charge in [-0.05, 0) is 37.1 Å². The van der Waals surface area contributed by atoms with Gasteiger partial charge >= 0.3 is 6.03 Å². The topological polar surface area (TPSA) is 100 Å². The van der Waals surface area contributed by atoms with Crippen LogP contribution >= 0.6 is 0 Å². The third kappa shape index (κ3) is 3.25. The lowest BCUT2D eigenvalue weighted by atomic mass is 10.1. The third-order valence-electron chi connectivity index (χ3n) is 3.83. The Bertz CT molecular complexity index is 662. The summed E-state index contributed by atoms with van der Waals surface area (Å²) in [5.41, 5.74) is 1.37. The number of anilines is 1. The Morgan fingerprint density at radius 2 is 2.05 bits per heavy atom. The molecule has 116 valence electrons. The summed E-state index contributed by atoms with van der Waals surface area (Å²) in [5.74, 6) is 0.960. The molecule has 0 radical (unpaired) electrons. The Labute approximate surface area is 127 Å². The SMILES string of the molecule is Cc1nnc(-c2ccc(NC(=O)NCC3(CO)CC3)cc2)o1. The number of amides is 2. The first-order chi connectivity index (χ1) is 10.6. The lowest BCUT2D eigenvalue weighted by molar-refractivity contribution is 0.206. The lowest BCUT2D eigenvalue weighted by Gasteiger charge is -2.13. The van der Waals surface area contributed by atoms with Crippen LogP contribution in [0.25, 0.3) is 11.5 Å². The summed E-state index contributed by atoms with van der Waals surface area (Å²) in [5, 5.41) is 22.5. The Balaban J connectivity index is 1.55. The molecule has 1 aromatic heterocycles. The molecular formula is C15H18N4O3. The van der Waals surface area contributed by atoms with Crippen LogP contribution in [0.4, 0.5) is 10.5 Å². The van der Waals surface area contributed by atoms with E-state index in [1.165, 1.54) is 0 Å². The van der Waals surface area contributed by atoms with Crippen molar-refractivity contribution >= 4 is 11.7 Å². The van der Waals surface area contributed by atoms with Crippen molar-refractivity contribution in [1.82, 2.24) is 15.5 Å². The van der Waals surface area contributed by atoms with Crippen LogP contribution in [0.15, 0.2) is 28.7 Å². The number of carbonyl (C=O) groups is 1. The van der Waals surface area contributed by atoms with Crippen molar-refractivity contribution in [1.29, 1.82) is 0 Å². The van der Waals surface area contributed by atoms with Crippen molar-refractivity contribution in [3.63, 3.8) is 0 Å². The maximum atomic E-state index is 11.8. The normalized spacial score (nSPS) is 15.4. The second-order valence-corrected chi connectivity index (χ2v) is 5.67. The summed E-state index contributed by atoms with van der Waals surface area (Å²) in [4.78, 5) is 11.8. The van der Waals surface area contributed by atoms with Crippen LogP contribution in [0.2, 0.25) is 0 Å². The van der Waals surface area contributed by atoms with Gasteiger partial charge in [-0.1, -0.05) is 0 Å². The van der Waals surface area contributed by atoms with E-state index in [0.717, 1.165) is 18.4 Å². The molecule has 1 saturated carbocycles. The van der Waals surface area contributed by atoms with Crippen LogP contribution in [0, 0.1) is 12.3 Å². The molecule has 22 heavy (non-hydrogen) atoms. The number of urea groups is 1. The Morgan fingerprint density at radius 1 is 1.32 bits per heavy atom. The number of carbonyl (C=O) groups excluding carboxylic acids is 1. The van der Waals surface area contributed by atoms with Gasteiger partial charge in [-0.25, -0.2) is 4.79 Å². The molecule has 1 heterocycles. The van der Waals surface area contributed by atoms with Gasteiger partial charge in [0.25, 0.3) is 0 Å². The van der Waals surface area contributed by atoms with Gasteiger partial charge in [0, 0.05) is 30.1 Å². The summed E-state index contributed by atoms with van der Waals surface area (Å²) in [7, 11) is 0. The van der Waals surface area contributed by atoms with E-state index in [0.29, 0.717) is 24.0 Å². The smallest absolute Gasteiger partial charge is 0.319 e. The van der Waals surface area contributed by atoms with Gasteiger partial charge in [0.05, 0.1) is 6.61 Å². The van der Waals surface area contributed by atoms with E-state index in [4.69, 9.17) is 4.42 Å². The van der Waals surface area contributed by atoms with Crippen LogP contribution < -0.4 is 10.6 Å². The number of aliphatic hydroxyl groups excluding tert-OH is 1. The Morgan fingerprint density at radius 3 is 2.59 bits per heavy atom. The van der Waals surface area contributed by atoms with Crippen LogP contribution in [0.1, 0.15) is 18.7 Å². The largest absolute Gasteiger partial charge is 0.421 e. The quantitative estimate of drug-likeness (QED) is 0.783. The highest BCUT2D eigenvalue weighted by molar-refractivity contribution is 5.89. The van der Waals surface area contributed by atoms with Crippen molar-refractivity contribution in [2.45, 2.75) is 19.8 Å². The molecule has 0 bridgehead atoms. The fraction of sp³-hybridized carbons (Fsp3) is 0.400. The summed E-state index contributed by atoms with van der Waals surface area (Å²) in [6.07, 6.45) is 1.92. The zero-order chi connectivity index (χ0) is 15.6. The van der Waals surface area contributed by atoms with Crippen LogP contribution in [0.5, 0.6) is 0 Å². The molecule has 1 aliphatic carbocycles. The molecule has 0 atom stereocenters. The molecule has 0 unspecified atom stereocenters. The van der Waals surface area contributed by atoms with Gasteiger partial charge in [0.1, 0.15) is 0 Å².